The topological polar surface area (TPSA) is 61.6 Å². The molecule has 23 heavy (non-hydrogen) atoms. The Hall–Kier alpha value is -3.27. The molecule has 4 nitrogen and oxygen atoms in total. The van der Waals surface area contributed by atoms with Crippen LogP contribution in [0.4, 0.5) is 5.69 Å². The smallest absolute Gasteiger partial charge is 0.343 e. The van der Waals surface area contributed by atoms with Gasteiger partial charge in [-0.2, -0.15) is 0 Å². The van der Waals surface area contributed by atoms with Crippen LogP contribution in [0.5, 0.6) is 17.2 Å². The molecule has 0 saturated carbocycles. The number of nitrogens with two attached hydrogens (primary N) is 1. The molecule has 4 heteroatoms. The number of nitrogen functional groups attached to an aromatic ring is 1. The Morgan fingerprint density at radius 2 is 1.26 bits per heavy atom. The summed E-state index contributed by atoms with van der Waals surface area (Å²) in [6.45, 7) is 0. The quantitative estimate of drug-likeness (QED) is 0.444. The van der Waals surface area contributed by atoms with Gasteiger partial charge < -0.3 is 15.2 Å². The Morgan fingerprint density at radius 3 is 1.91 bits per heavy atom. The molecule has 0 unspecified atom stereocenters. The van der Waals surface area contributed by atoms with E-state index in [4.69, 9.17) is 15.2 Å². The number of para-hydroxylation sites is 1. The minimum absolute atomic E-state index is 0.429. The minimum Gasteiger partial charge on any atom is -0.457 e. The number of carbonyl (C=O) groups is 1. The third kappa shape index (κ3) is 3.89. The fraction of sp³-hybridized carbons (Fsp3) is 0. The van der Waals surface area contributed by atoms with Crippen molar-refractivity contribution in [2.75, 3.05) is 5.73 Å². The largest absolute Gasteiger partial charge is 0.457 e. The van der Waals surface area contributed by atoms with E-state index in [-0.39, 0.29) is 0 Å². The number of hydrogen-bond acceptors (Lipinski definition) is 4. The van der Waals surface area contributed by atoms with E-state index in [0.717, 1.165) is 5.75 Å². The van der Waals surface area contributed by atoms with Gasteiger partial charge >= 0.3 is 5.97 Å². The second-order valence-electron chi connectivity index (χ2n) is 4.90. The highest BCUT2D eigenvalue weighted by atomic mass is 16.5. The predicted octanol–water partition coefficient (Wildman–Crippen LogP) is 4.28. The van der Waals surface area contributed by atoms with E-state index in [0.29, 0.717) is 22.7 Å². The Bertz CT molecular complexity index is 781. The molecule has 0 aliphatic heterocycles. The van der Waals surface area contributed by atoms with Crippen molar-refractivity contribution in [2.45, 2.75) is 0 Å². The molecule has 3 aromatic carbocycles. The van der Waals surface area contributed by atoms with E-state index in [1.165, 1.54) is 0 Å². The summed E-state index contributed by atoms with van der Waals surface area (Å²) < 4.78 is 11.0. The van der Waals surface area contributed by atoms with Gasteiger partial charge in [0.1, 0.15) is 17.2 Å². The molecule has 0 atom stereocenters. The average molecular weight is 305 g/mol. The molecule has 0 aliphatic rings. The summed E-state index contributed by atoms with van der Waals surface area (Å²) in [6.07, 6.45) is 0. The standard InChI is InChI=1S/C19H15NO3/c20-15-8-6-14(7-9-15)19(21)23-18-12-10-17(11-13-18)22-16-4-2-1-3-5-16/h1-13H,20H2. The van der Waals surface area contributed by atoms with Gasteiger partial charge in [0.2, 0.25) is 0 Å². The number of esters is 1. The van der Waals surface area contributed by atoms with Gasteiger partial charge in [-0.25, -0.2) is 4.79 Å². The molecule has 3 aromatic rings. The van der Waals surface area contributed by atoms with Crippen molar-refractivity contribution in [3.05, 3.63) is 84.4 Å². The van der Waals surface area contributed by atoms with Crippen LogP contribution in [0.25, 0.3) is 0 Å². The van der Waals surface area contributed by atoms with Crippen LogP contribution in [0.1, 0.15) is 10.4 Å². The molecule has 0 heterocycles. The molecule has 0 radical (unpaired) electrons. The number of anilines is 1. The summed E-state index contributed by atoms with van der Waals surface area (Å²) in [5.41, 5.74) is 6.64. The van der Waals surface area contributed by atoms with Gasteiger partial charge in [-0.3, -0.25) is 0 Å². The lowest BCUT2D eigenvalue weighted by molar-refractivity contribution is 0.0734. The highest BCUT2D eigenvalue weighted by molar-refractivity contribution is 5.91. The van der Waals surface area contributed by atoms with E-state index in [2.05, 4.69) is 0 Å². The number of carbonyl (C=O) groups excluding carboxylic acids is 1. The van der Waals surface area contributed by atoms with Crippen molar-refractivity contribution in [1.29, 1.82) is 0 Å². The lowest BCUT2D eigenvalue weighted by Crippen LogP contribution is -2.08. The zero-order valence-electron chi connectivity index (χ0n) is 12.3. The molecule has 0 aliphatic carbocycles. The maximum Gasteiger partial charge on any atom is 0.343 e. The first-order valence-corrected chi connectivity index (χ1v) is 7.11. The monoisotopic (exact) mass is 305 g/mol. The first-order valence-electron chi connectivity index (χ1n) is 7.11. The molecule has 3 rings (SSSR count). The van der Waals surface area contributed by atoms with Crippen molar-refractivity contribution in [1.82, 2.24) is 0 Å². The maximum absolute atomic E-state index is 12.0. The second kappa shape index (κ2) is 6.66. The first kappa shape index (κ1) is 14.7. The Balaban J connectivity index is 1.65. The third-order valence-corrected chi connectivity index (χ3v) is 3.16. The first-order chi connectivity index (χ1) is 11.2. The molecule has 0 amide bonds. The third-order valence-electron chi connectivity index (χ3n) is 3.16. The molecule has 0 saturated heterocycles. The van der Waals surface area contributed by atoms with E-state index in [1.54, 1.807) is 48.5 Å². The van der Waals surface area contributed by atoms with Gasteiger partial charge in [0.05, 0.1) is 5.56 Å². The molecular formula is C19H15NO3. The van der Waals surface area contributed by atoms with Crippen LogP contribution < -0.4 is 15.2 Å². The number of benzene rings is 3. The number of rotatable bonds is 4. The summed E-state index contributed by atoms with van der Waals surface area (Å²) in [4.78, 5) is 12.0. The van der Waals surface area contributed by atoms with Crippen LogP contribution in [0.3, 0.4) is 0 Å². The molecule has 2 N–H and O–H groups in total. The summed E-state index contributed by atoms with van der Waals surface area (Å²) in [7, 11) is 0. The van der Waals surface area contributed by atoms with Crippen molar-refractivity contribution in [3.63, 3.8) is 0 Å². The number of ether oxygens (including phenoxy) is 2. The van der Waals surface area contributed by atoms with Crippen LogP contribution in [0.2, 0.25) is 0 Å². The lowest BCUT2D eigenvalue weighted by atomic mass is 10.2. The van der Waals surface area contributed by atoms with E-state index in [9.17, 15) is 4.79 Å². The van der Waals surface area contributed by atoms with E-state index in [1.807, 2.05) is 30.3 Å². The molecule has 0 bridgehead atoms. The fourth-order valence-electron chi connectivity index (χ4n) is 1.99. The minimum atomic E-state index is -0.429. The van der Waals surface area contributed by atoms with Crippen molar-refractivity contribution in [3.8, 4) is 17.2 Å². The van der Waals surface area contributed by atoms with Crippen molar-refractivity contribution in [2.24, 2.45) is 0 Å². The van der Waals surface area contributed by atoms with Crippen LogP contribution in [-0.2, 0) is 0 Å². The van der Waals surface area contributed by atoms with E-state index >= 15 is 0 Å². The van der Waals surface area contributed by atoms with Crippen LogP contribution in [0, 0.1) is 0 Å². The summed E-state index contributed by atoms with van der Waals surface area (Å²) in [5.74, 6) is 1.44. The van der Waals surface area contributed by atoms with Gasteiger partial charge in [0.25, 0.3) is 0 Å². The van der Waals surface area contributed by atoms with Crippen LogP contribution >= 0.6 is 0 Å². The zero-order chi connectivity index (χ0) is 16.1. The summed E-state index contributed by atoms with van der Waals surface area (Å²) >= 11 is 0. The molecule has 0 fully saturated rings. The maximum atomic E-state index is 12.0. The van der Waals surface area contributed by atoms with Crippen LogP contribution in [-0.4, -0.2) is 5.97 Å². The normalized spacial score (nSPS) is 10.1. The molecule has 0 aromatic heterocycles. The Labute approximate surface area is 134 Å². The van der Waals surface area contributed by atoms with Gasteiger partial charge in [0, 0.05) is 5.69 Å². The second-order valence-corrected chi connectivity index (χ2v) is 4.90. The predicted molar refractivity (Wildman–Crippen MR) is 88.8 cm³/mol. The van der Waals surface area contributed by atoms with Crippen LogP contribution in [0.15, 0.2) is 78.9 Å². The van der Waals surface area contributed by atoms with Gasteiger partial charge in [0.15, 0.2) is 0 Å². The number of hydrogen-bond donors (Lipinski definition) is 1. The highest BCUT2D eigenvalue weighted by Crippen LogP contribution is 2.24. The highest BCUT2D eigenvalue weighted by Gasteiger charge is 2.08. The Morgan fingerprint density at radius 1 is 0.696 bits per heavy atom. The molecular weight excluding hydrogens is 290 g/mol. The average Bonchev–Trinajstić information content (AvgIpc) is 2.58. The van der Waals surface area contributed by atoms with Gasteiger partial charge in [-0.1, -0.05) is 18.2 Å². The Kier molecular flexibility index (Phi) is 4.25. The summed E-state index contributed by atoms with van der Waals surface area (Å²) in [6, 6.07) is 22.9. The zero-order valence-corrected chi connectivity index (χ0v) is 12.3. The lowest BCUT2D eigenvalue weighted by Gasteiger charge is -2.07. The molecule has 0 spiro atoms. The van der Waals surface area contributed by atoms with Gasteiger partial charge in [-0.15, -0.1) is 0 Å². The van der Waals surface area contributed by atoms with Crippen molar-refractivity contribution < 1.29 is 14.3 Å². The van der Waals surface area contributed by atoms with Gasteiger partial charge in [-0.05, 0) is 60.7 Å². The molecule has 114 valence electrons. The fourth-order valence-corrected chi connectivity index (χ4v) is 1.99. The summed E-state index contributed by atoms with van der Waals surface area (Å²) in [5, 5.41) is 0. The van der Waals surface area contributed by atoms with Crippen molar-refractivity contribution >= 4 is 11.7 Å². The van der Waals surface area contributed by atoms with E-state index < -0.39 is 5.97 Å². The SMILES string of the molecule is Nc1ccc(C(=O)Oc2ccc(Oc3ccccc3)cc2)cc1.